The molecule has 3 atom stereocenters. The topological polar surface area (TPSA) is 99.1 Å². The van der Waals surface area contributed by atoms with Crippen molar-refractivity contribution in [1.29, 1.82) is 0 Å². The van der Waals surface area contributed by atoms with Gasteiger partial charge in [-0.25, -0.2) is 14.8 Å². The number of ether oxygens (including phenoxy) is 1. The second-order valence-electron chi connectivity index (χ2n) is 9.71. The number of amides is 1. The fourth-order valence-electron chi connectivity index (χ4n) is 6.17. The van der Waals surface area contributed by atoms with Crippen molar-refractivity contribution < 1.29 is 19.4 Å². The molecule has 1 N–H and O–H groups in total. The monoisotopic (exact) mass is 443 g/mol. The maximum absolute atomic E-state index is 12.9. The largest absolute Gasteiger partial charge is 0.481 e. The molecule has 3 saturated heterocycles. The van der Waals surface area contributed by atoms with Crippen LogP contribution in [0.3, 0.4) is 0 Å². The summed E-state index contributed by atoms with van der Waals surface area (Å²) in [7, 11) is 0. The van der Waals surface area contributed by atoms with E-state index in [-0.39, 0.29) is 30.2 Å². The van der Waals surface area contributed by atoms with Crippen LogP contribution >= 0.6 is 0 Å². The number of fused-ring (bicyclic) bond motifs is 1. The van der Waals surface area contributed by atoms with Gasteiger partial charge in [-0.2, -0.15) is 0 Å². The highest BCUT2D eigenvalue weighted by molar-refractivity contribution is 5.71. The van der Waals surface area contributed by atoms with Crippen LogP contribution in [0.25, 0.3) is 0 Å². The molecule has 0 radical (unpaired) electrons. The van der Waals surface area contributed by atoms with Gasteiger partial charge in [0, 0.05) is 37.8 Å². The minimum Gasteiger partial charge on any atom is -0.481 e. The molecular formula is C23H33N5O4. The van der Waals surface area contributed by atoms with Crippen LogP contribution in [-0.4, -0.2) is 87.8 Å². The zero-order chi connectivity index (χ0) is 22.1. The van der Waals surface area contributed by atoms with E-state index in [1.54, 1.807) is 12.5 Å². The summed E-state index contributed by atoms with van der Waals surface area (Å²) in [5.41, 5.74) is 0. The maximum Gasteiger partial charge on any atom is 0.410 e. The summed E-state index contributed by atoms with van der Waals surface area (Å²) in [5, 5.41) is 9.24. The van der Waals surface area contributed by atoms with Crippen LogP contribution in [0.5, 0.6) is 0 Å². The first-order valence-corrected chi connectivity index (χ1v) is 12.0. The summed E-state index contributed by atoms with van der Waals surface area (Å²) in [6.45, 7) is 4.31. The van der Waals surface area contributed by atoms with Crippen LogP contribution in [0.4, 0.5) is 10.6 Å². The SMILES string of the molecule is O=C(O)C1CCN(CC2CCCC3C2OC(=O)N3C2CCN(c3ccncn3)CC2)CC1. The Morgan fingerprint density at radius 2 is 1.88 bits per heavy atom. The number of likely N-dealkylation sites (tertiary alicyclic amines) is 1. The highest BCUT2D eigenvalue weighted by Crippen LogP contribution is 2.39. The molecule has 32 heavy (non-hydrogen) atoms. The van der Waals surface area contributed by atoms with E-state index >= 15 is 0 Å². The molecule has 5 rings (SSSR count). The summed E-state index contributed by atoms with van der Waals surface area (Å²) >= 11 is 0. The van der Waals surface area contributed by atoms with E-state index in [9.17, 15) is 14.7 Å². The first-order chi connectivity index (χ1) is 15.6. The van der Waals surface area contributed by atoms with Crippen molar-refractivity contribution in [2.24, 2.45) is 11.8 Å². The Morgan fingerprint density at radius 3 is 2.56 bits per heavy atom. The number of carbonyl (C=O) groups excluding carboxylic acids is 1. The van der Waals surface area contributed by atoms with E-state index in [1.165, 1.54) is 0 Å². The fourth-order valence-corrected chi connectivity index (χ4v) is 6.17. The molecule has 3 aliphatic heterocycles. The zero-order valence-corrected chi connectivity index (χ0v) is 18.5. The average molecular weight is 444 g/mol. The number of carbonyl (C=O) groups is 2. The molecule has 4 aliphatic rings. The van der Waals surface area contributed by atoms with Crippen LogP contribution in [0.1, 0.15) is 44.9 Å². The number of anilines is 1. The molecule has 1 amide bonds. The molecule has 1 aliphatic carbocycles. The van der Waals surface area contributed by atoms with Crippen LogP contribution in [0.2, 0.25) is 0 Å². The number of nitrogens with zero attached hydrogens (tertiary/aromatic N) is 5. The highest BCUT2D eigenvalue weighted by atomic mass is 16.6. The lowest BCUT2D eigenvalue weighted by Gasteiger charge is -2.42. The Morgan fingerprint density at radius 1 is 1.09 bits per heavy atom. The Kier molecular flexibility index (Phi) is 6.17. The molecule has 0 aromatic carbocycles. The van der Waals surface area contributed by atoms with E-state index in [0.717, 1.165) is 70.6 Å². The first kappa shape index (κ1) is 21.4. The van der Waals surface area contributed by atoms with Crippen LogP contribution in [0, 0.1) is 11.8 Å². The Labute approximate surface area is 188 Å². The summed E-state index contributed by atoms with van der Waals surface area (Å²) in [6, 6.07) is 2.33. The number of aromatic nitrogens is 2. The standard InChI is InChI=1S/C23H33N5O4/c29-22(30)16-5-10-26(11-6-16)14-17-2-1-3-19-21(17)32-23(31)28(19)18-7-12-27(13-8-18)20-4-9-24-15-25-20/h4,9,15-19,21H,1-3,5-8,10-14H2,(H,29,30). The Hall–Kier alpha value is -2.42. The summed E-state index contributed by atoms with van der Waals surface area (Å²) in [6.07, 6.45) is 9.66. The second kappa shape index (κ2) is 9.21. The molecule has 1 saturated carbocycles. The summed E-state index contributed by atoms with van der Waals surface area (Å²) in [4.78, 5) is 39.2. The minimum atomic E-state index is -0.673. The van der Waals surface area contributed by atoms with Crippen LogP contribution in [-0.2, 0) is 9.53 Å². The lowest BCUT2D eigenvalue weighted by atomic mass is 9.81. The van der Waals surface area contributed by atoms with Gasteiger partial charge in [0.05, 0.1) is 12.0 Å². The molecule has 1 aromatic rings. The van der Waals surface area contributed by atoms with Crippen LogP contribution in [0.15, 0.2) is 18.6 Å². The quantitative estimate of drug-likeness (QED) is 0.740. The van der Waals surface area contributed by atoms with E-state index in [4.69, 9.17) is 4.74 Å². The van der Waals surface area contributed by atoms with Crippen molar-refractivity contribution in [3.05, 3.63) is 18.6 Å². The minimum absolute atomic E-state index is 0.0339. The Balaban J connectivity index is 1.18. The number of rotatable bonds is 5. The molecule has 9 heteroatoms. The molecule has 0 spiro atoms. The van der Waals surface area contributed by atoms with Gasteiger partial charge in [-0.15, -0.1) is 0 Å². The maximum atomic E-state index is 12.9. The predicted molar refractivity (Wildman–Crippen MR) is 117 cm³/mol. The number of piperidine rings is 2. The molecule has 1 aromatic heterocycles. The van der Waals surface area contributed by atoms with Gasteiger partial charge in [-0.3, -0.25) is 9.69 Å². The van der Waals surface area contributed by atoms with E-state index in [2.05, 4.69) is 24.7 Å². The number of aliphatic carboxylic acids is 1. The van der Waals surface area contributed by atoms with E-state index in [1.807, 2.05) is 6.07 Å². The van der Waals surface area contributed by atoms with Crippen molar-refractivity contribution in [3.63, 3.8) is 0 Å². The first-order valence-electron chi connectivity index (χ1n) is 12.0. The second-order valence-corrected chi connectivity index (χ2v) is 9.71. The molecule has 174 valence electrons. The van der Waals surface area contributed by atoms with Crippen LogP contribution < -0.4 is 4.90 Å². The number of hydrogen-bond acceptors (Lipinski definition) is 7. The fraction of sp³-hybridized carbons (Fsp3) is 0.739. The van der Waals surface area contributed by atoms with Crippen molar-refractivity contribution in [2.75, 3.05) is 37.6 Å². The van der Waals surface area contributed by atoms with Gasteiger partial charge in [0.15, 0.2) is 0 Å². The van der Waals surface area contributed by atoms with Crippen molar-refractivity contribution in [1.82, 2.24) is 19.8 Å². The van der Waals surface area contributed by atoms with Gasteiger partial charge in [0.25, 0.3) is 0 Å². The molecule has 9 nitrogen and oxygen atoms in total. The number of carboxylic acid groups (broad SMARTS) is 1. The molecule has 4 fully saturated rings. The number of carboxylic acids is 1. The number of hydrogen-bond donors (Lipinski definition) is 1. The van der Waals surface area contributed by atoms with Crippen molar-refractivity contribution in [3.8, 4) is 0 Å². The zero-order valence-electron chi connectivity index (χ0n) is 18.5. The molecule has 0 bridgehead atoms. The lowest BCUT2D eigenvalue weighted by molar-refractivity contribution is -0.143. The third-order valence-corrected chi connectivity index (χ3v) is 7.90. The Bertz CT molecular complexity index is 808. The van der Waals surface area contributed by atoms with Gasteiger partial charge in [-0.1, -0.05) is 6.42 Å². The summed E-state index contributed by atoms with van der Waals surface area (Å²) < 4.78 is 5.99. The van der Waals surface area contributed by atoms with Gasteiger partial charge in [0.1, 0.15) is 18.2 Å². The predicted octanol–water partition coefficient (Wildman–Crippen LogP) is 2.23. The van der Waals surface area contributed by atoms with Crippen molar-refractivity contribution in [2.45, 2.75) is 63.1 Å². The third kappa shape index (κ3) is 4.27. The highest BCUT2D eigenvalue weighted by Gasteiger charge is 2.50. The smallest absolute Gasteiger partial charge is 0.410 e. The van der Waals surface area contributed by atoms with Crippen molar-refractivity contribution >= 4 is 17.9 Å². The molecule has 3 unspecified atom stereocenters. The summed E-state index contributed by atoms with van der Waals surface area (Å²) in [5.74, 6) is 0.404. The lowest BCUT2D eigenvalue weighted by Crippen LogP contribution is -2.52. The third-order valence-electron chi connectivity index (χ3n) is 7.90. The molecule has 4 heterocycles. The van der Waals surface area contributed by atoms with E-state index < -0.39 is 5.97 Å². The van der Waals surface area contributed by atoms with Gasteiger partial charge in [0.2, 0.25) is 0 Å². The van der Waals surface area contributed by atoms with Gasteiger partial charge >= 0.3 is 12.1 Å². The van der Waals surface area contributed by atoms with E-state index in [0.29, 0.717) is 18.8 Å². The normalized spacial score (nSPS) is 30.2. The van der Waals surface area contributed by atoms with Gasteiger partial charge in [-0.05, 0) is 57.7 Å². The average Bonchev–Trinajstić information content (AvgIpc) is 3.17. The molecular weight excluding hydrogens is 410 g/mol. The van der Waals surface area contributed by atoms with Gasteiger partial charge < -0.3 is 19.6 Å².